The number of carbonyl (C=O) groups is 1. The molecule has 0 saturated carbocycles. The summed E-state index contributed by atoms with van der Waals surface area (Å²) in [4.78, 5) is 15.0. The lowest BCUT2D eigenvalue weighted by molar-refractivity contribution is -0.123. The summed E-state index contributed by atoms with van der Waals surface area (Å²) in [6, 6.07) is 13.4. The van der Waals surface area contributed by atoms with Gasteiger partial charge in [0.25, 0.3) is 5.91 Å². The number of thioether (sulfide) groups is 1. The Morgan fingerprint density at radius 1 is 1.30 bits per heavy atom. The van der Waals surface area contributed by atoms with Gasteiger partial charge in [-0.1, -0.05) is 69.7 Å². The Morgan fingerprint density at radius 3 is 2.80 bits per heavy atom. The molecule has 0 N–H and O–H groups in total. The van der Waals surface area contributed by atoms with Crippen molar-refractivity contribution in [2.75, 3.05) is 13.2 Å². The Hall–Kier alpha value is -1.38. The zero-order chi connectivity index (χ0) is 21.1. The molecule has 0 aromatic heterocycles. The summed E-state index contributed by atoms with van der Waals surface area (Å²) in [5.74, 6) is 0.523. The van der Waals surface area contributed by atoms with Gasteiger partial charge < -0.3 is 9.47 Å². The number of hydrogen-bond acceptors (Lipinski definition) is 5. The zero-order valence-corrected chi connectivity index (χ0v) is 20.0. The van der Waals surface area contributed by atoms with Gasteiger partial charge in [-0.2, -0.15) is 0 Å². The molecule has 2 aliphatic heterocycles. The fraction of sp³-hybridized carbons (Fsp3) is 0.273. The molecule has 4 rings (SSSR count). The van der Waals surface area contributed by atoms with Crippen LogP contribution in [0.5, 0.6) is 5.75 Å². The Kier molecular flexibility index (Phi) is 7.16. The van der Waals surface area contributed by atoms with Gasteiger partial charge in [0.2, 0.25) is 0 Å². The van der Waals surface area contributed by atoms with Gasteiger partial charge in [0.15, 0.2) is 0 Å². The number of hydrogen-bond donors (Lipinski definition) is 0. The SMILES string of the molecule is O=C1/C(=C/c2ccc(OCc3ccc(Br)cc3)c(Cl)c2)SC(=S)N1C[C@@H]1CCCO1. The van der Waals surface area contributed by atoms with Crippen LogP contribution in [0.4, 0.5) is 0 Å². The van der Waals surface area contributed by atoms with Crippen LogP contribution in [-0.2, 0) is 16.1 Å². The molecule has 2 fully saturated rings. The Labute approximate surface area is 198 Å². The molecule has 1 amide bonds. The van der Waals surface area contributed by atoms with E-state index >= 15 is 0 Å². The quantitative estimate of drug-likeness (QED) is 0.339. The lowest BCUT2D eigenvalue weighted by Gasteiger charge is -2.18. The van der Waals surface area contributed by atoms with Crippen LogP contribution in [0.2, 0.25) is 5.02 Å². The highest BCUT2D eigenvalue weighted by molar-refractivity contribution is 9.10. The van der Waals surface area contributed by atoms with Gasteiger partial charge in [0.1, 0.15) is 16.7 Å². The van der Waals surface area contributed by atoms with Gasteiger partial charge in [0.05, 0.1) is 22.6 Å². The maximum atomic E-state index is 12.8. The minimum absolute atomic E-state index is 0.0726. The highest BCUT2D eigenvalue weighted by atomic mass is 79.9. The van der Waals surface area contributed by atoms with Crippen LogP contribution in [0.3, 0.4) is 0 Å². The molecule has 2 saturated heterocycles. The molecule has 0 spiro atoms. The highest BCUT2D eigenvalue weighted by Crippen LogP contribution is 2.35. The van der Waals surface area contributed by atoms with E-state index in [1.165, 1.54) is 11.8 Å². The van der Waals surface area contributed by atoms with Gasteiger partial charge >= 0.3 is 0 Å². The summed E-state index contributed by atoms with van der Waals surface area (Å²) in [5, 5.41) is 0.496. The summed E-state index contributed by atoms with van der Waals surface area (Å²) in [5.41, 5.74) is 1.88. The number of nitrogens with zero attached hydrogens (tertiary/aromatic N) is 1. The fourth-order valence-electron chi connectivity index (χ4n) is 3.27. The van der Waals surface area contributed by atoms with Crippen molar-refractivity contribution in [2.24, 2.45) is 0 Å². The summed E-state index contributed by atoms with van der Waals surface area (Å²) in [7, 11) is 0. The third kappa shape index (κ3) is 5.26. The van der Waals surface area contributed by atoms with E-state index in [1.54, 1.807) is 11.0 Å². The summed E-state index contributed by atoms with van der Waals surface area (Å²) < 4.78 is 13.1. The third-order valence-electron chi connectivity index (χ3n) is 4.85. The lowest BCUT2D eigenvalue weighted by Crippen LogP contribution is -2.35. The molecular weight excluding hydrogens is 506 g/mol. The average molecular weight is 525 g/mol. The fourth-order valence-corrected chi connectivity index (χ4v) is 5.05. The zero-order valence-electron chi connectivity index (χ0n) is 16.0. The van der Waals surface area contributed by atoms with E-state index in [9.17, 15) is 4.79 Å². The summed E-state index contributed by atoms with van der Waals surface area (Å²) in [6.45, 7) is 1.70. The lowest BCUT2D eigenvalue weighted by atomic mass is 10.2. The smallest absolute Gasteiger partial charge is 0.266 e. The van der Waals surface area contributed by atoms with Crippen LogP contribution < -0.4 is 4.74 Å². The number of halogens is 2. The molecule has 0 unspecified atom stereocenters. The second kappa shape index (κ2) is 9.83. The number of ether oxygens (including phenoxy) is 2. The Morgan fingerprint density at radius 2 is 2.10 bits per heavy atom. The normalized spacial score (nSPS) is 20.4. The van der Waals surface area contributed by atoms with E-state index in [0.717, 1.165) is 35.0 Å². The second-order valence-electron chi connectivity index (χ2n) is 7.03. The van der Waals surface area contributed by atoms with E-state index in [-0.39, 0.29) is 12.0 Å². The van der Waals surface area contributed by atoms with Crippen molar-refractivity contribution in [1.29, 1.82) is 0 Å². The molecule has 2 aliphatic rings. The molecule has 0 aliphatic carbocycles. The van der Waals surface area contributed by atoms with Crippen LogP contribution in [0.25, 0.3) is 6.08 Å². The molecular formula is C22H19BrClNO3S2. The molecule has 30 heavy (non-hydrogen) atoms. The van der Waals surface area contributed by atoms with Gasteiger partial charge in [-0.3, -0.25) is 9.69 Å². The maximum Gasteiger partial charge on any atom is 0.266 e. The van der Waals surface area contributed by atoms with E-state index in [1.807, 2.05) is 42.5 Å². The predicted octanol–water partition coefficient (Wildman–Crippen LogP) is 6.06. The molecule has 0 bridgehead atoms. The third-order valence-corrected chi connectivity index (χ3v) is 7.05. The summed E-state index contributed by atoms with van der Waals surface area (Å²) in [6.07, 6.45) is 3.89. The molecule has 4 nitrogen and oxygen atoms in total. The Bertz CT molecular complexity index is 990. The van der Waals surface area contributed by atoms with E-state index < -0.39 is 0 Å². The van der Waals surface area contributed by atoms with Gasteiger partial charge in [-0.25, -0.2) is 0 Å². The summed E-state index contributed by atoms with van der Waals surface area (Å²) >= 11 is 16.5. The van der Waals surface area contributed by atoms with Crippen LogP contribution in [0.1, 0.15) is 24.0 Å². The first-order chi connectivity index (χ1) is 14.5. The van der Waals surface area contributed by atoms with Gasteiger partial charge in [-0.05, 0) is 54.3 Å². The molecule has 156 valence electrons. The first-order valence-electron chi connectivity index (χ1n) is 9.53. The van der Waals surface area contributed by atoms with Crippen LogP contribution in [0, 0.1) is 0 Å². The van der Waals surface area contributed by atoms with E-state index in [2.05, 4.69) is 15.9 Å². The van der Waals surface area contributed by atoms with Crippen molar-refractivity contribution in [1.82, 2.24) is 4.90 Å². The van der Waals surface area contributed by atoms with E-state index in [4.69, 9.17) is 33.3 Å². The highest BCUT2D eigenvalue weighted by Gasteiger charge is 2.34. The maximum absolute atomic E-state index is 12.8. The molecule has 2 aromatic carbocycles. The molecule has 0 radical (unpaired) electrons. The number of rotatable bonds is 6. The number of carbonyl (C=O) groups excluding carboxylic acids is 1. The van der Waals surface area contributed by atoms with Crippen molar-refractivity contribution in [3.05, 3.63) is 68.0 Å². The minimum Gasteiger partial charge on any atom is -0.487 e. The van der Waals surface area contributed by atoms with Crippen molar-refractivity contribution in [3.63, 3.8) is 0 Å². The van der Waals surface area contributed by atoms with E-state index in [0.29, 0.717) is 33.1 Å². The van der Waals surface area contributed by atoms with Crippen LogP contribution in [-0.4, -0.2) is 34.4 Å². The molecule has 1 atom stereocenters. The Balaban J connectivity index is 1.42. The number of thiocarbonyl (C=S) groups is 1. The number of amides is 1. The second-order valence-corrected chi connectivity index (χ2v) is 10.0. The topological polar surface area (TPSA) is 38.8 Å². The van der Waals surface area contributed by atoms with Gasteiger partial charge in [-0.15, -0.1) is 0 Å². The first-order valence-corrected chi connectivity index (χ1v) is 11.9. The molecule has 2 aromatic rings. The van der Waals surface area contributed by atoms with Crippen molar-refractivity contribution >= 4 is 67.8 Å². The van der Waals surface area contributed by atoms with Crippen molar-refractivity contribution < 1.29 is 14.3 Å². The first kappa shape index (κ1) is 21.8. The largest absolute Gasteiger partial charge is 0.487 e. The average Bonchev–Trinajstić information content (AvgIpc) is 3.33. The van der Waals surface area contributed by atoms with Crippen molar-refractivity contribution in [3.8, 4) is 5.75 Å². The predicted molar refractivity (Wildman–Crippen MR) is 129 cm³/mol. The molecule has 2 heterocycles. The minimum atomic E-state index is -0.0767. The van der Waals surface area contributed by atoms with Crippen LogP contribution >= 0.6 is 51.5 Å². The molecule has 8 heteroatoms. The number of benzene rings is 2. The van der Waals surface area contributed by atoms with Crippen LogP contribution in [0.15, 0.2) is 51.8 Å². The van der Waals surface area contributed by atoms with Crippen molar-refractivity contribution in [2.45, 2.75) is 25.6 Å². The van der Waals surface area contributed by atoms with Gasteiger partial charge in [0, 0.05) is 11.1 Å². The standard InChI is InChI=1S/C22H19BrClNO3S2/c23-16-6-3-14(4-7-16)13-28-19-8-5-15(10-18(19)24)11-20-21(26)25(22(29)30-20)12-17-2-1-9-27-17/h3-8,10-11,17H,1-2,9,12-13H2/b20-11-/t17-/m0/s1. The monoisotopic (exact) mass is 523 g/mol.